The van der Waals surface area contributed by atoms with Crippen LogP contribution in [0.15, 0.2) is 48.6 Å². The number of anilines is 1. The van der Waals surface area contributed by atoms with Gasteiger partial charge in [0.1, 0.15) is 5.75 Å². The molecule has 1 aliphatic heterocycles. The first-order chi connectivity index (χ1) is 19.4. The number of nitrogens with two attached hydrogens (primary N) is 1. The number of aromatic carboxylic acids is 1. The topological polar surface area (TPSA) is 130 Å². The number of allylic oxidation sites excluding steroid dienone is 1. The number of hydrogen-bond donors (Lipinski definition) is 3. The Morgan fingerprint density at radius 3 is 2.78 bits per heavy atom. The molecule has 1 spiro atoms. The van der Waals surface area contributed by atoms with E-state index < -0.39 is 22.1 Å². The van der Waals surface area contributed by atoms with Crippen molar-refractivity contribution in [1.82, 2.24) is 0 Å². The summed E-state index contributed by atoms with van der Waals surface area (Å²) in [4.78, 5) is 14.2. The highest BCUT2D eigenvalue weighted by molar-refractivity contribution is 7.89. The molecule has 222 valence electrons. The van der Waals surface area contributed by atoms with Crippen LogP contribution in [0.4, 0.5) is 5.69 Å². The smallest absolute Gasteiger partial charge is 0.335 e. The van der Waals surface area contributed by atoms with Gasteiger partial charge in [-0.3, -0.25) is 0 Å². The number of carbonyl (C=O) groups is 1. The van der Waals surface area contributed by atoms with E-state index in [-0.39, 0.29) is 34.5 Å². The summed E-state index contributed by atoms with van der Waals surface area (Å²) >= 11 is 6.35. The molecule has 5 rings (SSSR count). The van der Waals surface area contributed by atoms with Gasteiger partial charge in [-0.05, 0) is 97.7 Å². The third-order valence-corrected chi connectivity index (χ3v) is 10.3. The SMILES string of the molecule is C[C@H](C/C=C/[C@H](O)[C@@H]1CC[C@H]1CN1CC2(CCCc3cc(Cl)ccc32)COc2ccc(C(=O)O)cc21)CS(N)(=O)=O. The average Bonchev–Trinajstić information content (AvgIpc) is 3.02. The van der Waals surface area contributed by atoms with Gasteiger partial charge in [0.05, 0.1) is 29.7 Å². The Morgan fingerprint density at radius 1 is 1.27 bits per heavy atom. The lowest BCUT2D eigenvalue weighted by Gasteiger charge is -2.45. The Kier molecular flexibility index (Phi) is 8.71. The Balaban J connectivity index is 1.38. The summed E-state index contributed by atoms with van der Waals surface area (Å²) in [6.45, 7) is 3.66. The number of aliphatic hydroxyl groups is 1. The minimum atomic E-state index is -3.53. The molecule has 1 heterocycles. The molecule has 1 fully saturated rings. The van der Waals surface area contributed by atoms with Crippen molar-refractivity contribution in [1.29, 1.82) is 0 Å². The van der Waals surface area contributed by atoms with Gasteiger partial charge < -0.3 is 19.8 Å². The van der Waals surface area contributed by atoms with E-state index in [1.807, 2.05) is 19.1 Å². The van der Waals surface area contributed by atoms with Crippen LogP contribution >= 0.6 is 11.6 Å². The molecule has 0 saturated heterocycles. The van der Waals surface area contributed by atoms with Crippen molar-refractivity contribution < 1.29 is 28.2 Å². The molecule has 2 aromatic rings. The first kappa shape index (κ1) is 29.9. The summed E-state index contributed by atoms with van der Waals surface area (Å²) < 4.78 is 29.1. The fourth-order valence-corrected chi connectivity index (χ4v) is 7.98. The highest BCUT2D eigenvalue weighted by Crippen LogP contribution is 2.46. The highest BCUT2D eigenvalue weighted by atomic mass is 35.5. The molecule has 10 heteroatoms. The van der Waals surface area contributed by atoms with Crippen molar-refractivity contribution in [3.05, 3.63) is 70.3 Å². The van der Waals surface area contributed by atoms with Gasteiger partial charge in [-0.25, -0.2) is 18.4 Å². The summed E-state index contributed by atoms with van der Waals surface area (Å²) in [5.74, 6) is -0.265. The second-order valence-electron chi connectivity index (χ2n) is 12.2. The number of hydrogen-bond acceptors (Lipinski definition) is 6. The van der Waals surface area contributed by atoms with Gasteiger partial charge in [0.15, 0.2) is 0 Å². The second kappa shape index (κ2) is 12.0. The Morgan fingerprint density at radius 2 is 2.07 bits per heavy atom. The lowest BCUT2D eigenvalue weighted by Crippen LogP contribution is -2.49. The molecule has 5 atom stereocenters. The van der Waals surface area contributed by atoms with Crippen molar-refractivity contribution in [2.24, 2.45) is 22.9 Å². The monoisotopic (exact) mass is 602 g/mol. The van der Waals surface area contributed by atoms with E-state index in [1.54, 1.807) is 24.3 Å². The van der Waals surface area contributed by atoms with Crippen LogP contribution in [-0.4, -0.2) is 56.2 Å². The standard InChI is InChI=1S/C31H39ClN2O6S/c1-20(17-41(33,38)39)4-2-6-28(35)25-10-7-23(25)16-34-18-31(13-3-5-21-14-24(32)9-11-26(21)31)19-40-29-12-8-22(30(36)37)15-27(29)34/h2,6,8-9,11-12,14-15,20,23,25,28,35H,3-5,7,10,13,16-19H2,1H3,(H,36,37)(H2,33,38,39)/b6-2+/t20-,23+,25-,28+,31?/m1/s1. The molecule has 2 aliphatic carbocycles. The largest absolute Gasteiger partial charge is 0.490 e. The van der Waals surface area contributed by atoms with E-state index in [0.717, 1.165) is 42.8 Å². The quantitative estimate of drug-likeness (QED) is 0.353. The van der Waals surface area contributed by atoms with Crippen molar-refractivity contribution in [2.75, 3.05) is 30.3 Å². The predicted octanol–water partition coefficient (Wildman–Crippen LogP) is 4.77. The number of carboxylic acid groups (broad SMARTS) is 1. The minimum absolute atomic E-state index is 0.0588. The number of aliphatic hydroxyl groups excluding tert-OH is 1. The van der Waals surface area contributed by atoms with Crippen LogP contribution in [-0.2, 0) is 21.9 Å². The number of fused-ring (bicyclic) bond motifs is 3. The highest BCUT2D eigenvalue weighted by Gasteiger charge is 2.44. The first-order valence-corrected chi connectivity index (χ1v) is 16.4. The third-order valence-electron chi connectivity index (χ3n) is 9.04. The maximum atomic E-state index is 11.9. The lowest BCUT2D eigenvalue weighted by atomic mass is 9.68. The second-order valence-corrected chi connectivity index (χ2v) is 14.3. The molecule has 2 aromatic carbocycles. The van der Waals surface area contributed by atoms with Gasteiger partial charge in [0.25, 0.3) is 0 Å². The van der Waals surface area contributed by atoms with Gasteiger partial charge >= 0.3 is 5.97 Å². The molecule has 1 saturated carbocycles. The van der Waals surface area contributed by atoms with E-state index >= 15 is 0 Å². The number of sulfonamides is 1. The van der Waals surface area contributed by atoms with Crippen molar-refractivity contribution in [3.8, 4) is 5.75 Å². The van der Waals surface area contributed by atoms with E-state index in [9.17, 15) is 23.4 Å². The normalized spacial score (nSPS) is 25.5. The first-order valence-electron chi connectivity index (χ1n) is 14.3. The van der Waals surface area contributed by atoms with Gasteiger partial charge in [-0.15, -0.1) is 0 Å². The number of ether oxygens (including phenoxy) is 1. The van der Waals surface area contributed by atoms with Crippen molar-refractivity contribution >= 4 is 33.3 Å². The van der Waals surface area contributed by atoms with Gasteiger partial charge in [0, 0.05) is 23.5 Å². The molecular weight excluding hydrogens is 564 g/mol. The number of halogens is 1. The average molecular weight is 603 g/mol. The van der Waals surface area contributed by atoms with Crippen LogP contribution in [0.3, 0.4) is 0 Å². The Bertz CT molecular complexity index is 1430. The summed E-state index contributed by atoms with van der Waals surface area (Å²) in [6.07, 6.45) is 8.29. The maximum Gasteiger partial charge on any atom is 0.335 e. The molecule has 0 radical (unpaired) electrons. The van der Waals surface area contributed by atoms with E-state index in [2.05, 4.69) is 17.0 Å². The minimum Gasteiger partial charge on any atom is -0.490 e. The number of rotatable bonds is 9. The van der Waals surface area contributed by atoms with E-state index in [4.69, 9.17) is 21.5 Å². The van der Waals surface area contributed by atoms with Crippen LogP contribution < -0.4 is 14.8 Å². The lowest BCUT2D eigenvalue weighted by molar-refractivity contribution is 0.0456. The van der Waals surface area contributed by atoms with Crippen molar-refractivity contribution in [3.63, 3.8) is 0 Å². The Hall–Kier alpha value is -2.59. The van der Waals surface area contributed by atoms with Crippen LogP contribution in [0.2, 0.25) is 5.02 Å². The summed E-state index contributed by atoms with van der Waals surface area (Å²) in [7, 11) is -3.53. The number of benzene rings is 2. The van der Waals surface area contributed by atoms with E-state index in [1.165, 1.54) is 11.1 Å². The maximum absolute atomic E-state index is 11.9. The van der Waals surface area contributed by atoms with Crippen molar-refractivity contribution in [2.45, 2.75) is 57.0 Å². The number of carboxylic acids is 1. The molecule has 0 amide bonds. The zero-order valence-corrected chi connectivity index (χ0v) is 24.9. The van der Waals surface area contributed by atoms with Gasteiger partial charge in [-0.2, -0.15) is 0 Å². The summed E-state index contributed by atoms with van der Waals surface area (Å²) in [6, 6.07) is 11.2. The number of primary sulfonamides is 1. The van der Waals surface area contributed by atoms with Crippen LogP contribution in [0.1, 0.15) is 60.5 Å². The third kappa shape index (κ3) is 6.74. The number of aryl methyl sites for hydroxylation is 1. The molecule has 1 unspecified atom stereocenters. The molecule has 3 aliphatic rings. The van der Waals surface area contributed by atoms with Crippen LogP contribution in [0, 0.1) is 17.8 Å². The molecule has 41 heavy (non-hydrogen) atoms. The van der Waals surface area contributed by atoms with Crippen LogP contribution in [0.5, 0.6) is 5.75 Å². The molecule has 8 nitrogen and oxygen atoms in total. The molecule has 4 N–H and O–H groups in total. The zero-order valence-electron chi connectivity index (χ0n) is 23.3. The predicted molar refractivity (Wildman–Crippen MR) is 160 cm³/mol. The fourth-order valence-electron chi connectivity index (χ4n) is 6.86. The van der Waals surface area contributed by atoms with Gasteiger partial charge in [0.2, 0.25) is 10.0 Å². The fraction of sp³-hybridized carbons (Fsp3) is 0.516. The Labute approximate surface area is 247 Å². The molecule has 0 bridgehead atoms. The van der Waals surface area contributed by atoms with Crippen LogP contribution in [0.25, 0.3) is 0 Å². The molecular formula is C31H39ClN2O6S. The number of nitrogens with zero attached hydrogens (tertiary/aromatic N) is 1. The van der Waals surface area contributed by atoms with Gasteiger partial charge in [-0.1, -0.05) is 36.7 Å². The molecule has 0 aromatic heterocycles. The van der Waals surface area contributed by atoms with E-state index in [0.29, 0.717) is 31.9 Å². The summed E-state index contributed by atoms with van der Waals surface area (Å²) in [5.41, 5.74) is 3.20. The summed E-state index contributed by atoms with van der Waals surface area (Å²) in [5, 5.41) is 26.6. The zero-order chi connectivity index (χ0) is 29.4.